The van der Waals surface area contributed by atoms with Gasteiger partial charge >= 0.3 is 0 Å². The van der Waals surface area contributed by atoms with Crippen molar-refractivity contribution < 1.29 is 14.4 Å². The van der Waals surface area contributed by atoms with Crippen LogP contribution in [0.15, 0.2) is 18.2 Å². The van der Waals surface area contributed by atoms with Gasteiger partial charge in [-0.1, -0.05) is 12.1 Å². The summed E-state index contributed by atoms with van der Waals surface area (Å²) in [7, 11) is 0. The van der Waals surface area contributed by atoms with Gasteiger partial charge in [0.25, 0.3) is 5.91 Å². The van der Waals surface area contributed by atoms with Gasteiger partial charge in [-0.3, -0.25) is 24.6 Å². The van der Waals surface area contributed by atoms with Crippen LogP contribution in [0.2, 0.25) is 0 Å². The Morgan fingerprint density at radius 1 is 1.07 bits per heavy atom. The van der Waals surface area contributed by atoms with Crippen LogP contribution in [0, 0.1) is 11.8 Å². The summed E-state index contributed by atoms with van der Waals surface area (Å²) in [5.41, 5.74) is 2.84. The van der Waals surface area contributed by atoms with E-state index < -0.39 is 6.04 Å². The number of fused-ring (bicyclic) bond motifs is 3. The maximum Gasteiger partial charge on any atom is 0.255 e. The molecule has 1 aromatic rings. The molecule has 7 nitrogen and oxygen atoms in total. The number of hydrogen-bond acceptors (Lipinski definition) is 5. The average molecular weight is 396 g/mol. The Labute approximate surface area is 170 Å². The lowest BCUT2D eigenvalue weighted by Gasteiger charge is -2.36. The molecule has 3 unspecified atom stereocenters. The Balaban J connectivity index is 1.29. The van der Waals surface area contributed by atoms with Crippen LogP contribution < -0.4 is 10.6 Å². The van der Waals surface area contributed by atoms with Crippen LogP contribution in [-0.4, -0.2) is 59.7 Å². The first kappa shape index (κ1) is 18.8. The van der Waals surface area contributed by atoms with Crippen molar-refractivity contribution in [2.45, 2.75) is 44.8 Å². The Kier molecular flexibility index (Phi) is 4.87. The second kappa shape index (κ2) is 7.54. The summed E-state index contributed by atoms with van der Waals surface area (Å²) in [6, 6.07) is 5.62. The average Bonchev–Trinajstić information content (AvgIpc) is 2.90. The number of hydrogen-bond donors (Lipinski definition) is 2. The van der Waals surface area contributed by atoms with E-state index in [9.17, 15) is 14.4 Å². The summed E-state index contributed by atoms with van der Waals surface area (Å²) in [4.78, 5) is 40.8. The van der Waals surface area contributed by atoms with Gasteiger partial charge in [0.15, 0.2) is 0 Å². The standard InChI is InChI=1S/C22H28N4O3/c27-20-4-3-19(21(28)24-20)26-13-17-2-1-14(8-18(17)22(26)29)10-25-11-15-5-6-23-9-16(7-15)12-25/h1-2,8,15-16,19,23H,3-7,9-13H2,(H,24,27,28). The van der Waals surface area contributed by atoms with E-state index in [2.05, 4.69) is 21.6 Å². The first-order valence-corrected chi connectivity index (χ1v) is 10.8. The van der Waals surface area contributed by atoms with E-state index in [0.717, 1.165) is 55.7 Å². The lowest BCUT2D eigenvalue weighted by atomic mass is 9.88. The molecule has 1 aromatic carbocycles. The summed E-state index contributed by atoms with van der Waals surface area (Å²) in [5, 5.41) is 5.91. The second-order valence-corrected chi connectivity index (χ2v) is 9.05. The molecular formula is C22H28N4O3. The molecule has 0 radical (unpaired) electrons. The van der Waals surface area contributed by atoms with Crippen LogP contribution in [-0.2, 0) is 22.7 Å². The number of piperidine rings is 2. The molecule has 0 spiro atoms. The summed E-state index contributed by atoms with van der Waals surface area (Å²) in [5.74, 6) is 0.785. The number of likely N-dealkylation sites (tertiary alicyclic amines) is 1. The molecular weight excluding hydrogens is 368 g/mol. The quantitative estimate of drug-likeness (QED) is 0.742. The van der Waals surface area contributed by atoms with Crippen molar-refractivity contribution in [1.82, 2.24) is 20.4 Å². The van der Waals surface area contributed by atoms with Crippen molar-refractivity contribution in [2.75, 3.05) is 26.2 Å². The van der Waals surface area contributed by atoms with E-state index in [1.54, 1.807) is 4.90 Å². The minimum Gasteiger partial charge on any atom is -0.322 e. The lowest BCUT2D eigenvalue weighted by molar-refractivity contribution is -0.136. The predicted molar refractivity (Wildman–Crippen MR) is 107 cm³/mol. The first-order valence-electron chi connectivity index (χ1n) is 10.8. The maximum absolute atomic E-state index is 13.0. The number of carbonyl (C=O) groups is 3. The molecule has 0 saturated carbocycles. The minimum atomic E-state index is -0.547. The number of rotatable bonds is 3. The Bertz CT molecular complexity index is 840. The zero-order valence-corrected chi connectivity index (χ0v) is 16.7. The fourth-order valence-electron chi connectivity index (χ4n) is 5.48. The Morgan fingerprint density at radius 2 is 1.93 bits per heavy atom. The van der Waals surface area contributed by atoms with Gasteiger partial charge in [-0.25, -0.2) is 0 Å². The summed E-state index contributed by atoms with van der Waals surface area (Å²) >= 11 is 0. The molecule has 0 aromatic heterocycles. The third kappa shape index (κ3) is 3.69. The van der Waals surface area contributed by atoms with Crippen molar-refractivity contribution in [3.63, 3.8) is 0 Å². The van der Waals surface area contributed by atoms with Crippen LogP contribution in [0.3, 0.4) is 0 Å². The van der Waals surface area contributed by atoms with E-state index in [1.807, 2.05) is 12.1 Å². The molecule has 2 N–H and O–H groups in total. The van der Waals surface area contributed by atoms with Crippen LogP contribution in [0.4, 0.5) is 0 Å². The van der Waals surface area contributed by atoms with Crippen molar-refractivity contribution in [3.05, 3.63) is 34.9 Å². The van der Waals surface area contributed by atoms with E-state index in [-0.39, 0.29) is 24.1 Å². The van der Waals surface area contributed by atoms with Gasteiger partial charge in [-0.15, -0.1) is 0 Å². The minimum absolute atomic E-state index is 0.0899. The van der Waals surface area contributed by atoms with Crippen molar-refractivity contribution in [1.29, 1.82) is 0 Å². The van der Waals surface area contributed by atoms with Gasteiger partial charge in [0.05, 0.1) is 0 Å². The highest BCUT2D eigenvalue weighted by Crippen LogP contribution is 2.30. The van der Waals surface area contributed by atoms with Gasteiger partial charge in [0.1, 0.15) is 6.04 Å². The Morgan fingerprint density at radius 3 is 2.79 bits per heavy atom. The zero-order chi connectivity index (χ0) is 20.0. The Hall–Kier alpha value is -2.25. The van der Waals surface area contributed by atoms with Crippen LogP contribution in [0.25, 0.3) is 0 Å². The SMILES string of the molecule is O=C1CCC(N2Cc3ccc(CN4CC5CCNCC(C5)C4)cc3C2=O)C(=O)N1. The molecule has 5 rings (SSSR count). The number of amides is 3. The number of imide groups is 1. The van der Waals surface area contributed by atoms with Gasteiger partial charge in [0, 0.05) is 38.2 Å². The predicted octanol–water partition coefficient (Wildman–Crippen LogP) is 0.879. The number of benzene rings is 1. The smallest absolute Gasteiger partial charge is 0.255 e. The van der Waals surface area contributed by atoms with Crippen LogP contribution in [0.5, 0.6) is 0 Å². The van der Waals surface area contributed by atoms with Gasteiger partial charge in [-0.2, -0.15) is 0 Å². The van der Waals surface area contributed by atoms with E-state index in [4.69, 9.17) is 0 Å². The monoisotopic (exact) mass is 396 g/mol. The topological polar surface area (TPSA) is 81.8 Å². The van der Waals surface area contributed by atoms with Crippen molar-refractivity contribution >= 4 is 17.7 Å². The van der Waals surface area contributed by atoms with Crippen LogP contribution >= 0.6 is 0 Å². The maximum atomic E-state index is 13.0. The number of carbonyl (C=O) groups excluding carboxylic acids is 3. The van der Waals surface area contributed by atoms with Crippen LogP contribution in [0.1, 0.15) is 47.2 Å². The largest absolute Gasteiger partial charge is 0.322 e. The molecule has 0 aliphatic carbocycles. The molecule has 4 aliphatic heterocycles. The first-order chi connectivity index (χ1) is 14.1. The fraction of sp³-hybridized carbons (Fsp3) is 0.591. The molecule has 3 atom stereocenters. The van der Waals surface area contributed by atoms with Gasteiger partial charge in [-0.05, 0) is 61.4 Å². The third-order valence-corrected chi connectivity index (χ3v) is 6.86. The highest BCUT2D eigenvalue weighted by atomic mass is 16.2. The second-order valence-electron chi connectivity index (χ2n) is 9.05. The summed E-state index contributed by atoms with van der Waals surface area (Å²) < 4.78 is 0. The molecule has 4 heterocycles. The molecule has 154 valence electrons. The molecule has 3 saturated heterocycles. The number of nitrogens with one attached hydrogen (secondary N) is 2. The van der Waals surface area contributed by atoms with Gasteiger partial charge < -0.3 is 10.2 Å². The third-order valence-electron chi connectivity index (χ3n) is 6.86. The molecule has 29 heavy (non-hydrogen) atoms. The lowest BCUT2D eigenvalue weighted by Crippen LogP contribution is -2.52. The summed E-state index contributed by atoms with van der Waals surface area (Å²) in [6.07, 6.45) is 3.26. The van der Waals surface area contributed by atoms with Crippen molar-refractivity contribution in [3.8, 4) is 0 Å². The molecule has 7 heteroatoms. The van der Waals surface area contributed by atoms with Crippen molar-refractivity contribution in [2.24, 2.45) is 11.8 Å². The molecule has 2 bridgehead atoms. The highest BCUT2D eigenvalue weighted by molar-refractivity contribution is 6.05. The normalized spacial score (nSPS) is 30.1. The zero-order valence-electron chi connectivity index (χ0n) is 16.7. The molecule has 3 amide bonds. The summed E-state index contributed by atoms with van der Waals surface area (Å²) in [6.45, 7) is 5.78. The highest BCUT2D eigenvalue weighted by Gasteiger charge is 2.39. The number of nitrogens with zero attached hydrogens (tertiary/aromatic N) is 2. The van der Waals surface area contributed by atoms with Gasteiger partial charge in [0.2, 0.25) is 11.8 Å². The van der Waals surface area contributed by atoms with E-state index in [1.165, 1.54) is 12.8 Å². The molecule has 4 aliphatic rings. The van der Waals surface area contributed by atoms with E-state index in [0.29, 0.717) is 18.5 Å². The fourth-order valence-corrected chi connectivity index (χ4v) is 5.48. The molecule has 3 fully saturated rings. The van der Waals surface area contributed by atoms with E-state index >= 15 is 0 Å².